The van der Waals surface area contributed by atoms with Gasteiger partial charge in [0, 0.05) is 17.5 Å². The van der Waals surface area contributed by atoms with E-state index in [1.807, 2.05) is 12.1 Å². The van der Waals surface area contributed by atoms with Crippen molar-refractivity contribution >= 4 is 17.7 Å². The van der Waals surface area contributed by atoms with Crippen molar-refractivity contribution in [1.82, 2.24) is 10.3 Å². The second kappa shape index (κ2) is 6.20. The number of nitrogens with one attached hydrogen (secondary N) is 1. The van der Waals surface area contributed by atoms with Gasteiger partial charge in [0.05, 0.1) is 5.03 Å². The molecule has 0 fully saturated rings. The largest absolute Gasteiger partial charge is 0.384 e. The fourth-order valence-corrected chi connectivity index (χ4v) is 2.22. The summed E-state index contributed by atoms with van der Waals surface area (Å²) >= 11 is 1.68. The quantitative estimate of drug-likeness (QED) is 0.820. The molecular weight excluding hydrogens is 248 g/mol. The first-order valence-electron chi connectivity index (χ1n) is 5.87. The number of amides is 1. The zero-order valence-corrected chi connectivity index (χ0v) is 12.0. The van der Waals surface area contributed by atoms with Crippen molar-refractivity contribution in [3.05, 3.63) is 23.9 Å². The number of hydrogen-bond acceptors (Lipinski definition) is 4. The van der Waals surface area contributed by atoms with Crippen LogP contribution in [0.3, 0.4) is 0 Å². The van der Waals surface area contributed by atoms with Crippen LogP contribution in [-0.2, 0) is 11.3 Å². The van der Waals surface area contributed by atoms with Crippen molar-refractivity contribution in [3.8, 4) is 0 Å². The van der Waals surface area contributed by atoms with Gasteiger partial charge in [-0.15, -0.1) is 11.8 Å². The smallest absolute Gasteiger partial charge is 0.248 e. The maximum atomic E-state index is 11.2. The molecule has 18 heavy (non-hydrogen) atoms. The van der Waals surface area contributed by atoms with E-state index >= 15 is 0 Å². The summed E-state index contributed by atoms with van der Waals surface area (Å²) in [6, 6.07) is 3.81. The van der Waals surface area contributed by atoms with Crippen LogP contribution in [0.15, 0.2) is 23.4 Å². The lowest BCUT2D eigenvalue weighted by molar-refractivity contribution is -0.128. The fourth-order valence-electron chi connectivity index (χ4n) is 1.27. The van der Waals surface area contributed by atoms with E-state index in [1.54, 1.807) is 18.0 Å². The summed E-state index contributed by atoms with van der Waals surface area (Å²) < 4.78 is 0.106. The molecule has 2 N–H and O–H groups in total. The molecule has 1 aromatic rings. The van der Waals surface area contributed by atoms with Crippen LogP contribution in [0.5, 0.6) is 0 Å². The molecule has 0 saturated heterocycles. The van der Waals surface area contributed by atoms with E-state index in [0.717, 1.165) is 10.6 Å². The topological polar surface area (TPSA) is 62.2 Å². The highest BCUT2D eigenvalue weighted by atomic mass is 32.2. The van der Waals surface area contributed by atoms with Crippen LogP contribution < -0.4 is 5.32 Å². The van der Waals surface area contributed by atoms with Crippen molar-refractivity contribution in [2.24, 2.45) is 0 Å². The standard InChI is InChI=1S/C13H20N2O2S/c1-9(16)12(17)15-8-10-5-6-14-11(7-10)18-13(2,3)4/h5-7,9,16H,8H2,1-4H3,(H,15,17). The summed E-state index contributed by atoms with van der Waals surface area (Å²) in [7, 11) is 0. The Balaban J connectivity index is 2.63. The Labute approximate surface area is 112 Å². The Morgan fingerprint density at radius 1 is 1.56 bits per heavy atom. The number of carbonyl (C=O) groups excluding carboxylic acids is 1. The Kier molecular flexibility index (Phi) is 5.16. The SMILES string of the molecule is CC(O)C(=O)NCc1ccnc(SC(C)(C)C)c1. The van der Waals surface area contributed by atoms with Gasteiger partial charge in [0.15, 0.2) is 0 Å². The number of thioether (sulfide) groups is 1. The summed E-state index contributed by atoms with van der Waals surface area (Å²) in [5.74, 6) is -0.364. The summed E-state index contributed by atoms with van der Waals surface area (Å²) in [4.78, 5) is 15.5. The minimum atomic E-state index is -0.977. The first-order chi connectivity index (χ1) is 8.28. The highest BCUT2D eigenvalue weighted by Gasteiger charge is 2.13. The molecule has 0 spiro atoms. The lowest BCUT2D eigenvalue weighted by atomic mass is 10.2. The average molecular weight is 268 g/mol. The highest BCUT2D eigenvalue weighted by Crippen LogP contribution is 2.30. The van der Waals surface area contributed by atoms with Crippen LogP contribution in [0.25, 0.3) is 0 Å². The number of pyridine rings is 1. The third-order valence-electron chi connectivity index (χ3n) is 2.06. The van der Waals surface area contributed by atoms with E-state index < -0.39 is 6.10 Å². The van der Waals surface area contributed by atoms with Gasteiger partial charge >= 0.3 is 0 Å². The molecule has 0 aliphatic heterocycles. The van der Waals surface area contributed by atoms with Gasteiger partial charge in [-0.25, -0.2) is 4.98 Å². The van der Waals surface area contributed by atoms with Crippen LogP contribution in [-0.4, -0.2) is 26.8 Å². The van der Waals surface area contributed by atoms with E-state index in [9.17, 15) is 4.79 Å². The lowest BCUT2D eigenvalue weighted by Gasteiger charge is -2.17. The molecule has 0 aliphatic carbocycles. The van der Waals surface area contributed by atoms with Crippen LogP contribution in [0.1, 0.15) is 33.3 Å². The van der Waals surface area contributed by atoms with E-state index in [4.69, 9.17) is 5.11 Å². The number of rotatable bonds is 4. The first kappa shape index (κ1) is 15.0. The van der Waals surface area contributed by atoms with Gasteiger partial charge in [0.2, 0.25) is 5.91 Å². The van der Waals surface area contributed by atoms with Gasteiger partial charge in [0.25, 0.3) is 0 Å². The molecule has 5 heteroatoms. The molecule has 1 heterocycles. The van der Waals surface area contributed by atoms with Crippen LogP contribution in [0, 0.1) is 0 Å². The zero-order valence-electron chi connectivity index (χ0n) is 11.2. The van der Waals surface area contributed by atoms with E-state index in [-0.39, 0.29) is 10.7 Å². The van der Waals surface area contributed by atoms with Gasteiger partial charge in [-0.05, 0) is 24.6 Å². The molecule has 1 amide bonds. The Morgan fingerprint density at radius 3 is 2.78 bits per heavy atom. The molecule has 1 atom stereocenters. The van der Waals surface area contributed by atoms with Crippen molar-refractivity contribution in [1.29, 1.82) is 0 Å². The molecule has 1 rings (SSSR count). The first-order valence-corrected chi connectivity index (χ1v) is 6.69. The number of aliphatic hydroxyl groups excluding tert-OH is 1. The van der Waals surface area contributed by atoms with E-state index in [1.165, 1.54) is 6.92 Å². The molecule has 0 saturated carbocycles. The number of hydrogen-bond donors (Lipinski definition) is 2. The summed E-state index contributed by atoms with van der Waals surface area (Å²) in [6.45, 7) is 8.23. The van der Waals surface area contributed by atoms with Crippen LogP contribution in [0.4, 0.5) is 0 Å². The second-order valence-electron chi connectivity index (χ2n) is 5.11. The van der Waals surface area contributed by atoms with Crippen molar-refractivity contribution < 1.29 is 9.90 Å². The van der Waals surface area contributed by atoms with E-state index in [0.29, 0.717) is 6.54 Å². The number of carbonyl (C=O) groups is 1. The van der Waals surface area contributed by atoms with Gasteiger partial charge < -0.3 is 10.4 Å². The predicted octanol–water partition coefficient (Wildman–Crippen LogP) is 1.97. The van der Waals surface area contributed by atoms with Crippen molar-refractivity contribution in [2.75, 3.05) is 0 Å². The monoisotopic (exact) mass is 268 g/mol. The highest BCUT2D eigenvalue weighted by molar-refractivity contribution is 8.00. The number of nitrogens with zero attached hydrogens (tertiary/aromatic N) is 1. The average Bonchev–Trinajstić information content (AvgIpc) is 2.23. The third kappa shape index (κ3) is 5.51. The molecule has 0 radical (unpaired) electrons. The van der Waals surface area contributed by atoms with E-state index in [2.05, 4.69) is 31.1 Å². The Bertz CT molecular complexity index is 414. The lowest BCUT2D eigenvalue weighted by Crippen LogP contribution is -2.31. The van der Waals surface area contributed by atoms with Gasteiger partial charge in [-0.1, -0.05) is 20.8 Å². The molecule has 100 valence electrons. The van der Waals surface area contributed by atoms with Crippen LogP contribution in [0.2, 0.25) is 0 Å². The normalized spacial score (nSPS) is 13.2. The zero-order chi connectivity index (χ0) is 13.8. The maximum Gasteiger partial charge on any atom is 0.248 e. The predicted molar refractivity (Wildman–Crippen MR) is 73.4 cm³/mol. The Hall–Kier alpha value is -1.07. The number of aromatic nitrogens is 1. The minimum Gasteiger partial charge on any atom is -0.384 e. The third-order valence-corrected chi connectivity index (χ3v) is 3.10. The summed E-state index contributed by atoms with van der Waals surface area (Å²) in [6.07, 6.45) is 0.757. The van der Waals surface area contributed by atoms with Gasteiger partial charge in [-0.3, -0.25) is 4.79 Å². The molecule has 0 bridgehead atoms. The number of aliphatic hydroxyl groups is 1. The fraction of sp³-hybridized carbons (Fsp3) is 0.538. The van der Waals surface area contributed by atoms with Gasteiger partial charge in [-0.2, -0.15) is 0 Å². The molecule has 4 nitrogen and oxygen atoms in total. The molecule has 1 unspecified atom stereocenters. The molecule has 0 aliphatic rings. The van der Waals surface area contributed by atoms with Crippen molar-refractivity contribution in [3.63, 3.8) is 0 Å². The minimum absolute atomic E-state index is 0.106. The maximum absolute atomic E-state index is 11.2. The Morgan fingerprint density at radius 2 is 2.22 bits per heavy atom. The molecular formula is C13H20N2O2S. The van der Waals surface area contributed by atoms with Crippen molar-refractivity contribution in [2.45, 2.75) is 50.1 Å². The van der Waals surface area contributed by atoms with Crippen LogP contribution >= 0.6 is 11.8 Å². The molecule has 1 aromatic heterocycles. The second-order valence-corrected chi connectivity index (χ2v) is 6.96. The summed E-state index contributed by atoms with van der Waals surface area (Å²) in [5, 5.41) is 12.7. The van der Waals surface area contributed by atoms with Gasteiger partial charge in [0.1, 0.15) is 6.10 Å². The summed E-state index contributed by atoms with van der Waals surface area (Å²) in [5.41, 5.74) is 0.978. The molecule has 0 aromatic carbocycles.